The fourth-order valence-corrected chi connectivity index (χ4v) is 2.32. The zero-order chi connectivity index (χ0) is 18.9. The van der Waals surface area contributed by atoms with E-state index >= 15 is 0 Å². The molecule has 2 rings (SSSR count). The van der Waals surface area contributed by atoms with Gasteiger partial charge >= 0.3 is 5.97 Å². The van der Waals surface area contributed by atoms with Crippen LogP contribution in [-0.4, -0.2) is 37.2 Å². The molecule has 2 amide bonds. The average Bonchev–Trinajstić information content (AvgIpc) is 2.66. The first-order valence-electron chi connectivity index (χ1n) is 7.61. The summed E-state index contributed by atoms with van der Waals surface area (Å²) in [6.07, 6.45) is 1.92. The first kappa shape index (κ1) is 19.5. The van der Waals surface area contributed by atoms with Crippen molar-refractivity contribution in [3.05, 3.63) is 59.9 Å². The van der Waals surface area contributed by atoms with Gasteiger partial charge in [0.25, 0.3) is 5.91 Å². The third kappa shape index (κ3) is 6.21. The van der Waals surface area contributed by atoms with Crippen LogP contribution in [0, 0.1) is 5.82 Å². The monoisotopic (exact) mass is 376 g/mol. The molecule has 0 heterocycles. The van der Waals surface area contributed by atoms with Gasteiger partial charge in [-0.25, -0.2) is 9.18 Å². The second-order valence-corrected chi connectivity index (χ2v) is 6.02. The van der Waals surface area contributed by atoms with E-state index in [1.165, 1.54) is 24.3 Å². The number of hydrogen-bond acceptors (Lipinski definition) is 5. The molecule has 6 nitrogen and oxygen atoms in total. The van der Waals surface area contributed by atoms with Gasteiger partial charge in [-0.3, -0.25) is 9.59 Å². The third-order valence-electron chi connectivity index (χ3n) is 3.23. The van der Waals surface area contributed by atoms with Gasteiger partial charge < -0.3 is 15.4 Å². The summed E-state index contributed by atoms with van der Waals surface area (Å²) in [7, 11) is 0. The number of esters is 1. The van der Waals surface area contributed by atoms with Gasteiger partial charge in [0, 0.05) is 10.6 Å². The van der Waals surface area contributed by atoms with E-state index in [1.807, 2.05) is 6.26 Å². The molecule has 2 aromatic rings. The van der Waals surface area contributed by atoms with Crippen LogP contribution >= 0.6 is 11.8 Å². The summed E-state index contributed by atoms with van der Waals surface area (Å²) in [5.41, 5.74) is 0.746. The summed E-state index contributed by atoms with van der Waals surface area (Å²) in [6, 6.07) is 12.0. The Morgan fingerprint density at radius 3 is 2.27 bits per heavy atom. The highest BCUT2D eigenvalue weighted by molar-refractivity contribution is 7.98. The average molecular weight is 376 g/mol. The Hall–Kier alpha value is -2.87. The molecule has 0 saturated carbocycles. The summed E-state index contributed by atoms with van der Waals surface area (Å²) in [5, 5.41) is 4.83. The van der Waals surface area contributed by atoms with Gasteiger partial charge in [-0.05, 0) is 54.8 Å². The number of ether oxygens (including phenoxy) is 1. The standard InChI is InChI=1S/C18H17FN2O4S/c1-26-15-8-2-12(3-9-15)18(24)25-11-17(23)20-10-16(22)21-14-6-4-13(19)5-7-14/h2-9H,10-11H2,1H3,(H,20,23)(H,21,22). The number of amides is 2. The molecular formula is C18H17FN2O4S. The first-order chi connectivity index (χ1) is 12.5. The van der Waals surface area contributed by atoms with Crippen LogP contribution in [0.25, 0.3) is 0 Å². The van der Waals surface area contributed by atoms with Gasteiger partial charge in [0.05, 0.1) is 12.1 Å². The number of anilines is 1. The molecule has 0 spiro atoms. The van der Waals surface area contributed by atoms with Crippen LogP contribution in [0.4, 0.5) is 10.1 Å². The molecule has 0 fully saturated rings. The number of rotatable bonds is 7. The van der Waals surface area contributed by atoms with Crippen molar-refractivity contribution in [3.63, 3.8) is 0 Å². The molecule has 136 valence electrons. The van der Waals surface area contributed by atoms with Crippen LogP contribution in [0.5, 0.6) is 0 Å². The maximum atomic E-state index is 12.8. The van der Waals surface area contributed by atoms with Crippen molar-refractivity contribution < 1.29 is 23.5 Å². The van der Waals surface area contributed by atoms with Gasteiger partial charge in [0.1, 0.15) is 5.82 Å². The first-order valence-corrected chi connectivity index (χ1v) is 8.83. The number of thioether (sulfide) groups is 1. The molecule has 2 N–H and O–H groups in total. The van der Waals surface area contributed by atoms with E-state index in [0.717, 1.165) is 4.90 Å². The maximum absolute atomic E-state index is 12.8. The fourth-order valence-electron chi connectivity index (χ4n) is 1.91. The summed E-state index contributed by atoms with van der Waals surface area (Å²) in [6.45, 7) is -0.789. The number of halogens is 1. The van der Waals surface area contributed by atoms with E-state index in [2.05, 4.69) is 10.6 Å². The van der Waals surface area contributed by atoms with Gasteiger partial charge in [-0.2, -0.15) is 0 Å². The lowest BCUT2D eigenvalue weighted by Crippen LogP contribution is -2.35. The molecule has 26 heavy (non-hydrogen) atoms. The van der Waals surface area contributed by atoms with Crippen molar-refractivity contribution in [1.82, 2.24) is 5.32 Å². The Bertz CT molecular complexity index is 779. The molecule has 0 aliphatic rings. The Morgan fingerprint density at radius 2 is 1.65 bits per heavy atom. The van der Waals surface area contributed by atoms with Gasteiger partial charge in [0.2, 0.25) is 5.91 Å². The summed E-state index contributed by atoms with van der Waals surface area (Å²) < 4.78 is 17.7. The van der Waals surface area contributed by atoms with E-state index < -0.39 is 30.2 Å². The normalized spacial score (nSPS) is 10.1. The Morgan fingerprint density at radius 1 is 1.00 bits per heavy atom. The predicted molar refractivity (Wildman–Crippen MR) is 96.5 cm³/mol. The highest BCUT2D eigenvalue weighted by atomic mass is 32.2. The largest absolute Gasteiger partial charge is 0.452 e. The minimum atomic E-state index is -0.622. The lowest BCUT2D eigenvalue weighted by Gasteiger charge is -2.08. The van der Waals surface area contributed by atoms with Crippen LogP contribution < -0.4 is 10.6 Å². The molecule has 0 aliphatic heterocycles. The second kappa shape index (κ2) is 9.57. The quantitative estimate of drug-likeness (QED) is 0.573. The molecule has 0 saturated heterocycles. The van der Waals surface area contributed by atoms with E-state index in [4.69, 9.17) is 4.74 Å². The Kier molecular flexibility index (Phi) is 7.16. The minimum absolute atomic E-state index is 0.295. The van der Waals surface area contributed by atoms with Crippen LogP contribution in [0.1, 0.15) is 10.4 Å². The van der Waals surface area contributed by atoms with Crippen LogP contribution in [0.2, 0.25) is 0 Å². The van der Waals surface area contributed by atoms with Crippen LogP contribution in [0.3, 0.4) is 0 Å². The van der Waals surface area contributed by atoms with E-state index in [0.29, 0.717) is 11.3 Å². The molecule has 0 bridgehead atoms. The Labute approximate surface area is 154 Å². The van der Waals surface area contributed by atoms with Crippen molar-refractivity contribution in [2.24, 2.45) is 0 Å². The van der Waals surface area contributed by atoms with Gasteiger partial charge in [-0.1, -0.05) is 0 Å². The smallest absolute Gasteiger partial charge is 0.338 e. The topological polar surface area (TPSA) is 84.5 Å². The van der Waals surface area contributed by atoms with Crippen LogP contribution in [-0.2, 0) is 14.3 Å². The molecule has 8 heteroatoms. The number of carbonyl (C=O) groups is 3. The van der Waals surface area contributed by atoms with Crippen molar-refractivity contribution in [2.75, 3.05) is 24.7 Å². The van der Waals surface area contributed by atoms with Gasteiger partial charge in [-0.15, -0.1) is 11.8 Å². The van der Waals surface area contributed by atoms with Crippen LogP contribution in [0.15, 0.2) is 53.4 Å². The number of nitrogens with one attached hydrogen (secondary N) is 2. The number of hydrogen-bond donors (Lipinski definition) is 2. The minimum Gasteiger partial charge on any atom is -0.452 e. The zero-order valence-electron chi connectivity index (χ0n) is 14.0. The lowest BCUT2D eigenvalue weighted by atomic mass is 10.2. The number of carbonyl (C=O) groups excluding carboxylic acids is 3. The molecule has 0 radical (unpaired) electrons. The lowest BCUT2D eigenvalue weighted by molar-refractivity contribution is -0.126. The fraction of sp³-hybridized carbons (Fsp3) is 0.167. The van der Waals surface area contributed by atoms with E-state index in [9.17, 15) is 18.8 Å². The molecule has 0 atom stereocenters. The molecule has 0 aliphatic carbocycles. The second-order valence-electron chi connectivity index (χ2n) is 5.14. The summed E-state index contributed by atoms with van der Waals surface area (Å²) >= 11 is 1.55. The van der Waals surface area contributed by atoms with Crippen molar-refractivity contribution in [1.29, 1.82) is 0 Å². The number of benzene rings is 2. The summed E-state index contributed by atoms with van der Waals surface area (Å²) in [5.74, 6) is -2.12. The molecule has 2 aromatic carbocycles. The van der Waals surface area contributed by atoms with Crippen molar-refractivity contribution in [3.8, 4) is 0 Å². The molecule has 0 aromatic heterocycles. The SMILES string of the molecule is CSc1ccc(C(=O)OCC(=O)NCC(=O)Nc2ccc(F)cc2)cc1. The molecule has 0 unspecified atom stereocenters. The highest BCUT2D eigenvalue weighted by Crippen LogP contribution is 2.15. The predicted octanol–water partition coefficient (Wildman–Crippen LogP) is 2.46. The Balaban J connectivity index is 1.71. The maximum Gasteiger partial charge on any atom is 0.338 e. The highest BCUT2D eigenvalue weighted by Gasteiger charge is 2.11. The van der Waals surface area contributed by atoms with Crippen molar-refractivity contribution >= 4 is 35.2 Å². The van der Waals surface area contributed by atoms with E-state index in [1.54, 1.807) is 36.0 Å². The van der Waals surface area contributed by atoms with E-state index in [-0.39, 0.29) is 6.54 Å². The van der Waals surface area contributed by atoms with Crippen molar-refractivity contribution in [2.45, 2.75) is 4.90 Å². The zero-order valence-corrected chi connectivity index (χ0v) is 14.8. The van der Waals surface area contributed by atoms with Gasteiger partial charge in [0.15, 0.2) is 6.61 Å². The summed E-state index contributed by atoms with van der Waals surface area (Å²) in [4.78, 5) is 36.2. The molecular weight excluding hydrogens is 359 g/mol. The third-order valence-corrected chi connectivity index (χ3v) is 3.98.